The van der Waals surface area contributed by atoms with Gasteiger partial charge in [0.15, 0.2) is 5.69 Å². The summed E-state index contributed by atoms with van der Waals surface area (Å²) in [5.74, 6) is -0.698. The second-order valence-corrected chi connectivity index (χ2v) is 6.41. The molecule has 1 aromatic heterocycles. The average Bonchev–Trinajstić information content (AvgIpc) is 2.97. The number of aromatic amines is 1. The lowest BCUT2D eigenvalue weighted by Gasteiger charge is -2.43. The van der Waals surface area contributed by atoms with Crippen molar-refractivity contribution < 1.29 is 27.4 Å². The number of rotatable bonds is 3. The normalized spacial score (nSPS) is 26.0. The van der Waals surface area contributed by atoms with Crippen LogP contribution >= 0.6 is 0 Å². The number of hydrogen-bond acceptors (Lipinski definition) is 5. The summed E-state index contributed by atoms with van der Waals surface area (Å²) in [7, 11) is 0. The Morgan fingerprint density at radius 2 is 2.04 bits per heavy atom. The summed E-state index contributed by atoms with van der Waals surface area (Å²) in [4.78, 5) is 14.7. The molecule has 2 aromatic rings. The van der Waals surface area contributed by atoms with Gasteiger partial charge in [-0.25, -0.2) is 4.79 Å². The Bertz CT molecular complexity index is 797. The molecule has 3 saturated heterocycles. The van der Waals surface area contributed by atoms with Gasteiger partial charge in [0, 0.05) is 11.9 Å². The highest BCUT2D eigenvalue weighted by Crippen LogP contribution is 2.31. The molecule has 25 heavy (non-hydrogen) atoms. The van der Waals surface area contributed by atoms with Gasteiger partial charge < -0.3 is 9.47 Å². The smallest absolute Gasteiger partial charge is 0.456 e. The predicted molar refractivity (Wildman–Crippen MR) is 81.1 cm³/mol. The van der Waals surface area contributed by atoms with Crippen LogP contribution < -0.4 is 4.74 Å². The number of carbonyl (C=O) groups excluding carboxylic acids is 1. The minimum absolute atomic E-state index is 0.0286. The van der Waals surface area contributed by atoms with Crippen molar-refractivity contribution >= 4 is 16.9 Å². The largest absolute Gasteiger partial charge is 0.573 e. The van der Waals surface area contributed by atoms with Crippen LogP contribution in [-0.4, -0.2) is 53.2 Å². The van der Waals surface area contributed by atoms with Crippen molar-refractivity contribution in [3.05, 3.63) is 23.9 Å². The molecule has 134 valence electrons. The number of nitrogens with zero attached hydrogens (tertiary/aromatic N) is 2. The van der Waals surface area contributed by atoms with E-state index in [1.165, 1.54) is 6.07 Å². The van der Waals surface area contributed by atoms with Crippen LogP contribution in [0.25, 0.3) is 10.9 Å². The lowest BCUT2D eigenvalue weighted by Crippen LogP contribution is -2.51. The van der Waals surface area contributed by atoms with Crippen molar-refractivity contribution in [2.75, 3.05) is 19.6 Å². The third kappa shape index (κ3) is 3.28. The molecule has 3 aliphatic heterocycles. The van der Waals surface area contributed by atoms with Crippen molar-refractivity contribution in [3.8, 4) is 5.75 Å². The van der Waals surface area contributed by atoms with Crippen LogP contribution in [0.5, 0.6) is 5.75 Å². The minimum atomic E-state index is -4.80. The van der Waals surface area contributed by atoms with Gasteiger partial charge in [0.25, 0.3) is 0 Å². The summed E-state index contributed by atoms with van der Waals surface area (Å²) < 4.78 is 46.6. The maximum atomic E-state index is 12.5. The SMILES string of the molecule is O=C(O[C@H]1CN2CCC1CC2)c1n[nH]c2ccc(OC(F)(F)F)cc12. The second-order valence-electron chi connectivity index (χ2n) is 6.41. The summed E-state index contributed by atoms with van der Waals surface area (Å²) >= 11 is 0. The number of benzene rings is 1. The zero-order valence-electron chi connectivity index (χ0n) is 13.2. The molecule has 9 heteroatoms. The molecule has 5 rings (SSSR count). The lowest BCUT2D eigenvalue weighted by atomic mass is 9.86. The Labute approximate surface area is 140 Å². The molecule has 4 heterocycles. The Morgan fingerprint density at radius 1 is 1.28 bits per heavy atom. The molecule has 2 bridgehead atoms. The van der Waals surface area contributed by atoms with Crippen LogP contribution in [0.1, 0.15) is 23.3 Å². The van der Waals surface area contributed by atoms with Crippen LogP contribution in [0, 0.1) is 5.92 Å². The fourth-order valence-electron chi connectivity index (χ4n) is 3.58. The third-order valence-corrected chi connectivity index (χ3v) is 4.82. The van der Waals surface area contributed by atoms with Crippen LogP contribution in [0.3, 0.4) is 0 Å². The van der Waals surface area contributed by atoms with Gasteiger partial charge in [-0.1, -0.05) is 0 Å². The molecule has 0 unspecified atom stereocenters. The number of hydrogen-bond donors (Lipinski definition) is 1. The quantitative estimate of drug-likeness (QED) is 0.858. The average molecular weight is 355 g/mol. The summed E-state index contributed by atoms with van der Waals surface area (Å²) in [6, 6.07) is 3.68. The highest BCUT2D eigenvalue weighted by molar-refractivity contribution is 6.02. The van der Waals surface area contributed by atoms with E-state index in [-0.39, 0.29) is 17.2 Å². The van der Waals surface area contributed by atoms with Gasteiger partial charge in [0.05, 0.1) is 5.52 Å². The Balaban J connectivity index is 1.55. The van der Waals surface area contributed by atoms with E-state index in [9.17, 15) is 18.0 Å². The zero-order chi connectivity index (χ0) is 17.6. The molecule has 6 nitrogen and oxygen atoms in total. The van der Waals surface area contributed by atoms with E-state index >= 15 is 0 Å². The summed E-state index contributed by atoms with van der Waals surface area (Å²) in [6.45, 7) is 2.73. The van der Waals surface area contributed by atoms with E-state index in [1.54, 1.807) is 0 Å². The third-order valence-electron chi connectivity index (χ3n) is 4.82. The fraction of sp³-hybridized carbons (Fsp3) is 0.500. The van der Waals surface area contributed by atoms with E-state index in [0.717, 1.165) is 38.1 Å². The predicted octanol–water partition coefficient (Wildman–Crippen LogP) is 2.71. The Morgan fingerprint density at radius 3 is 2.68 bits per heavy atom. The highest BCUT2D eigenvalue weighted by atomic mass is 19.4. The fourth-order valence-corrected chi connectivity index (χ4v) is 3.58. The molecule has 0 amide bonds. The van der Waals surface area contributed by atoms with E-state index in [0.29, 0.717) is 18.0 Å². The first-order chi connectivity index (χ1) is 11.9. The van der Waals surface area contributed by atoms with Gasteiger partial charge in [-0.05, 0) is 50.0 Å². The number of alkyl halides is 3. The number of H-pyrrole nitrogens is 1. The standard InChI is InChI=1S/C16H16F3N3O3/c17-16(18,19)25-10-1-2-12-11(7-10)14(21-20-12)15(23)24-13-8-22-5-3-9(13)4-6-22/h1-2,7,9,13H,3-6,8H2,(H,20,21)/t13-/m0/s1. The maximum absolute atomic E-state index is 12.5. The van der Waals surface area contributed by atoms with Crippen LogP contribution in [-0.2, 0) is 4.74 Å². The number of nitrogens with one attached hydrogen (secondary N) is 1. The topological polar surface area (TPSA) is 67.5 Å². The monoisotopic (exact) mass is 355 g/mol. The number of carbonyl (C=O) groups is 1. The van der Waals surface area contributed by atoms with Gasteiger partial charge >= 0.3 is 12.3 Å². The maximum Gasteiger partial charge on any atom is 0.573 e. The molecular formula is C16H16F3N3O3. The van der Waals surface area contributed by atoms with Crippen molar-refractivity contribution in [2.24, 2.45) is 5.92 Å². The van der Waals surface area contributed by atoms with Gasteiger partial charge in [-0.15, -0.1) is 13.2 Å². The molecule has 0 saturated carbocycles. The summed E-state index contributed by atoms with van der Waals surface area (Å²) in [5.41, 5.74) is 0.412. The van der Waals surface area contributed by atoms with Crippen LogP contribution in [0.2, 0.25) is 0 Å². The van der Waals surface area contributed by atoms with E-state index in [2.05, 4.69) is 19.8 Å². The first-order valence-corrected chi connectivity index (χ1v) is 8.06. The van der Waals surface area contributed by atoms with Gasteiger partial charge in [0.1, 0.15) is 11.9 Å². The number of fused-ring (bicyclic) bond motifs is 4. The molecule has 1 atom stereocenters. The van der Waals surface area contributed by atoms with E-state index in [1.807, 2.05) is 0 Å². The van der Waals surface area contributed by atoms with Crippen LogP contribution in [0.4, 0.5) is 13.2 Å². The zero-order valence-corrected chi connectivity index (χ0v) is 13.2. The van der Waals surface area contributed by atoms with Crippen molar-refractivity contribution in [1.29, 1.82) is 0 Å². The van der Waals surface area contributed by atoms with E-state index in [4.69, 9.17) is 4.74 Å². The lowest BCUT2D eigenvalue weighted by molar-refractivity contribution is -0.274. The van der Waals surface area contributed by atoms with Crippen molar-refractivity contribution in [3.63, 3.8) is 0 Å². The number of esters is 1. The van der Waals surface area contributed by atoms with E-state index < -0.39 is 18.1 Å². The molecule has 3 fully saturated rings. The van der Waals surface area contributed by atoms with Gasteiger partial charge in [-0.3, -0.25) is 10.00 Å². The second kappa shape index (κ2) is 5.91. The molecule has 1 aromatic carbocycles. The summed E-state index contributed by atoms with van der Waals surface area (Å²) in [5, 5.41) is 6.79. The molecular weight excluding hydrogens is 339 g/mol. The van der Waals surface area contributed by atoms with Gasteiger partial charge in [-0.2, -0.15) is 5.10 Å². The Hall–Kier alpha value is -2.29. The van der Waals surface area contributed by atoms with Crippen molar-refractivity contribution in [2.45, 2.75) is 25.3 Å². The van der Waals surface area contributed by atoms with Crippen molar-refractivity contribution in [1.82, 2.24) is 15.1 Å². The Kier molecular flexibility index (Phi) is 3.82. The van der Waals surface area contributed by atoms with Gasteiger partial charge in [0.2, 0.25) is 0 Å². The molecule has 1 N–H and O–H groups in total. The first-order valence-electron chi connectivity index (χ1n) is 8.06. The van der Waals surface area contributed by atoms with Crippen LogP contribution in [0.15, 0.2) is 18.2 Å². The number of piperidine rings is 3. The summed E-state index contributed by atoms with van der Waals surface area (Å²) in [6.07, 6.45) is -3.02. The number of aromatic nitrogens is 2. The number of halogens is 3. The highest BCUT2D eigenvalue weighted by Gasteiger charge is 2.37. The molecule has 3 aliphatic rings. The molecule has 0 spiro atoms. The molecule has 0 radical (unpaired) electrons. The molecule has 0 aliphatic carbocycles. The minimum Gasteiger partial charge on any atom is -0.456 e. The number of ether oxygens (including phenoxy) is 2. The first kappa shape index (κ1) is 16.2.